The Kier molecular flexibility index (Phi) is 5.59. The number of ether oxygens (including phenoxy) is 1. The van der Waals surface area contributed by atoms with Gasteiger partial charge in [-0.2, -0.15) is 0 Å². The van der Waals surface area contributed by atoms with E-state index in [1.165, 1.54) is 0 Å². The Hall–Kier alpha value is -1.46. The normalized spacial score (nSPS) is 11.8. The van der Waals surface area contributed by atoms with Crippen LogP contribution in [0.2, 0.25) is 0 Å². The fourth-order valence-electron chi connectivity index (χ4n) is 1.36. The van der Waals surface area contributed by atoms with E-state index < -0.39 is 6.04 Å². The lowest BCUT2D eigenvalue weighted by molar-refractivity contribution is -0.125. The molecule has 1 rings (SSSR count). The number of benzene rings is 1. The molecule has 92 valence electrons. The molecule has 4 nitrogen and oxygen atoms in total. The molecule has 0 saturated heterocycles. The summed E-state index contributed by atoms with van der Waals surface area (Å²) in [6.07, 6.45) is 0. The number of carbonyl (C=O) groups excluding carboxylic acids is 1. The highest BCUT2D eigenvalue weighted by Crippen LogP contribution is 2.12. The summed E-state index contributed by atoms with van der Waals surface area (Å²) in [5.41, 5.74) is 6.49. The third-order valence-corrected chi connectivity index (χ3v) is 2.40. The Morgan fingerprint density at radius 3 is 2.65 bits per heavy atom. The van der Waals surface area contributed by atoms with Gasteiger partial charge >= 0.3 is 0 Å². The third-order valence-electron chi connectivity index (χ3n) is 2.16. The molecule has 0 aliphatic carbocycles. The molecule has 17 heavy (non-hydrogen) atoms. The smallest absolute Gasteiger partial charge is 0.246 e. The van der Waals surface area contributed by atoms with Crippen molar-refractivity contribution in [3.05, 3.63) is 35.9 Å². The molecule has 1 unspecified atom stereocenters. The molecule has 0 spiro atoms. The van der Waals surface area contributed by atoms with Gasteiger partial charge in [-0.15, -0.1) is 0 Å². The minimum atomic E-state index is -0.445. The maximum absolute atomic E-state index is 11.5. The Morgan fingerprint density at radius 2 is 2.12 bits per heavy atom. The lowest BCUT2D eigenvalue weighted by Gasteiger charge is -2.17. The van der Waals surface area contributed by atoms with Crippen LogP contribution in [-0.4, -0.2) is 24.1 Å². The van der Waals surface area contributed by atoms with Gasteiger partial charge in [0.1, 0.15) is 17.6 Å². The topological polar surface area (TPSA) is 64.3 Å². The zero-order chi connectivity index (χ0) is 12.7. The van der Waals surface area contributed by atoms with Crippen LogP contribution in [0.4, 0.5) is 0 Å². The van der Waals surface area contributed by atoms with Crippen LogP contribution < -0.4 is 11.1 Å². The Balaban J connectivity index is 2.68. The van der Waals surface area contributed by atoms with Crippen molar-refractivity contribution in [3.63, 3.8) is 0 Å². The average molecular weight is 252 g/mol. The van der Waals surface area contributed by atoms with Crippen LogP contribution in [-0.2, 0) is 9.53 Å². The van der Waals surface area contributed by atoms with E-state index in [4.69, 9.17) is 22.7 Å². The van der Waals surface area contributed by atoms with Gasteiger partial charge in [-0.1, -0.05) is 42.5 Å². The Labute approximate surface area is 106 Å². The van der Waals surface area contributed by atoms with Gasteiger partial charge < -0.3 is 15.8 Å². The molecule has 0 aromatic heterocycles. The SMILES string of the molecule is CCOCC(=O)NC(C(N)=S)c1ccccc1. The number of nitrogens with two attached hydrogens (primary N) is 1. The predicted molar refractivity (Wildman–Crippen MR) is 70.6 cm³/mol. The highest BCUT2D eigenvalue weighted by Gasteiger charge is 2.16. The monoisotopic (exact) mass is 252 g/mol. The summed E-state index contributed by atoms with van der Waals surface area (Å²) < 4.78 is 5.02. The van der Waals surface area contributed by atoms with Crippen molar-refractivity contribution in [2.75, 3.05) is 13.2 Å². The fourth-order valence-corrected chi connectivity index (χ4v) is 1.56. The summed E-state index contributed by atoms with van der Waals surface area (Å²) in [6, 6.07) is 8.92. The average Bonchev–Trinajstić information content (AvgIpc) is 2.34. The molecule has 0 fully saturated rings. The Morgan fingerprint density at radius 1 is 1.47 bits per heavy atom. The van der Waals surface area contributed by atoms with Gasteiger partial charge in [0.25, 0.3) is 0 Å². The molecule has 1 atom stereocenters. The second-order valence-electron chi connectivity index (χ2n) is 3.45. The first-order chi connectivity index (χ1) is 8.15. The van der Waals surface area contributed by atoms with Crippen molar-refractivity contribution in [3.8, 4) is 0 Å². The standard InChI is InChI=1S/C12H16N2O2S/c1-2-16-8-10(15)14-11(12(13)17)9-6-4-3-5-7-9/h3-7,11H,2,8H2,1H3,(H2,13,17)(H,14,15). The summed E-state index contributed by atoms with van der Waals surface area (Å²) in [7, 11) is 0. The molecule has 0 saturated carbocycles. The van der Waals surface area contributed by atoms with Crippen LogP contribution in [0.25, 0.3) is 0 Å². The second-order valence-corrected chi connectivity index (χ2v) is 3.92. The van der Waals surface area contributed by atoms with Crippen molar-refractivity contribution in [1.82, 2.24) is 5.32 Å². The number of amides is 1. The van der Waals surface area contributed by atoms with Crippen molar-refractivity contribution in [2.45, 2.75) is 13.0 Å². The summed E-state index contributed by atoms with van der Waals surface area (Å²) in [6.45, 7) is 2.34. The van der Waals surface area contributed by atoms with Crippen LogP contribution in [0.3, 0.4) is 0 Å². The molecule has 1 aromatic carbocycles. The number of hydrogen-bond acceptors (Lipinski definition) is 3. The second kappa shape index (κ2) is 6.98. The molecule has 3 N–H and O–H groups in total. The van der Waals surface area contributed by atoms with E-state index in [1.54, 1.807) is 0 Å². The molecule has 0 heterocycles. The minimum absolute atomic E-state index is 0.0163. The molecule has 1 amide bonds. The molecule has 0 aliphatic rings. The van der Waals surface area contributed by atoms with Gasteiger partial charge in [-0.05, 0) is 12.5 Å². The van der Waals surface area contributed by atoms with Gasteiger partial charge in [0, 0.05) is 6.61 Å². The van der Waals surface area contributed by atoms with Crippen molar-refractivity contribution in [1.29, 1.82) is 0 Å². The number of rotatable bonds is 6. The first kappa shape index (κ1) is 13.6. The van der Waals surface area contributed by atoms with E-state index in [9.17, 15) is 4.79 Å². The molecule has 1 aromatic rings. The lowest BCUT2D eigenvalue weighted by Crippen LogP contribution is -2.38. The van der Waals surface area contributed by atoms with Gasteiger partial charge in [0.15, 0.2) is 0 Å². The molecular weight excluding hydrogens is 236 g/mol. The van der Waals surface area contributed by atoms with Gasteiger partial charge in [-0.25, -0.2) is 0 Å². The molecule has 5 heteroatoms. The number of nitrogens with one attached hydrogen (secondary N) is 1. The summed E-state index contributed by atoms with van der Waals surface area (Å²) in [5.74, 6) is -0.228. The minimum Gasteiger partial charge on any atom is -0.391 e. The van der Waals surface area contributed by atoms with Crippen LogP contribution in [0, 0.1) is 0 Å². The molecular formula is C12H16N2O2S. The van der Waals surface area contributed by atoms with Crippen molar-refractivity contribution >= 4 is 23.1 Å². The van der Waals surface area contributed by atoms with E-state index in [-0.39, 0.29) is 17.5 Å². The van der Waals surface area contributed by atoms with Gasteiger partial charge in [-0.3, -0.25) is 4.79 Å². The maximum atomic E-state index is 11.5. The zero-order valence-electron chi connectivity index (χ0n) is 9.68. The quantitative estimate of drug-likeness (QED) is 0.746. The summed E-state index contributed by atoms with van der Waals surface area (Å²) in [5, 5.41) is 2.74. The van der Waals surface area contributed by atoms with E-state index in [0.717, 1.165) is 5.56 Å². The van der Waals surface area contributed by atoms with Crippen molar-refractivity contribution in [2.24, 2.45) is 5.73 Å². The molecule has 0 aliphatic heterocycles. The van der Waals surface area contributed by atoms with E-state index in [0.29, 0.717) is 6.61 Å². The van der Waals surface area contributed by atoms with Crippen LogP contribution in [0.1, 0.15) is 18.5 Å². The number of hydrogen-bond donors (Lipinski definition) is 2. The third kappa shape index (κ3) is 4.50. The maximum Gasteiger partial charge on any atom is 0.246 e. The van der Waals surface area contributed by atoms with Crippen LogP contribution in [0.15, 0.2) is 30.3 Å². The zero-order valence-corrected chi connectivity index (χ0v) is 10.5. The summed E-state index contributed by atoms with van der Waals surface area (Å²) >= 11 is 4.95. The Bertz CT molecular complexity index is 381. The highest BCUT2D eigenvalue weighted by molar-refractivity contribution is 7.80. The number of carbonyl (C=O) groups is 1. The first-order valence-electron chi connectivity index (χ1n) is 5.36. The lowest BCUT2D eigenvalue weighted by atomic mass is 10.1. The van der Waals surface area contributed by atoms with E-state index in [1.807, 2.05) is 37.3 Å². The van der Waals surface area contributed by atoms with E-state index in [2.05, 4.69) is 5.32 Å². The highest BCUT2D eigenvalue weighted by atomic mass is 32.1. The van der Waals surface area contributed by atoms with Crippen LogP contribution in [0.5, 0.6) is 0 Å². The van der Waals surface area contributed by atoms with Gasteiger partial charge in [0.05, 0.1) is 0 Å². The molecule has 0 radical (unpaired) electrons. The van der Waals surface area contributed by atoms with Crippen LogP contribution >= 0.6 is 12.2 Å². The number of thiocarbonyl (C=S) groups is 1. The van der Waals surface area contributed by atoms with Crippen molar-refractivity contribution < 1.29 is 9.53 Å². The predicted octanol–water partition coefficient (Wildman–Crippen LogP) is 1.17. The van der Waals surface area contributed by atoms with E-state index >= 15 is 0 Å². The largest absolute Gasteiger partial charge is 0.391 e. The summed E-state index contributed by atoms with van der Waals surface area (Å²) in [4.78, 5) is 11.8. The fraction of sp³-hybridized carbons (Fsp3) is 0.333. The molecule has 0 bridgehead atoms. The van der Waals surface area contributed by atoms with Gasteiger partial charge in [0.2, 0.25) is 5.91 Å². The first-order valence-corrected chi connectivity index (χ1v) is 5.77.